The summed E-state index contributed by atoms with van der Waals surface area (Å²) in [6.45, 7) is 2.76. The molecule has 0 amide bonds. The van der Waals surface area contributed by atoms with Crippen molar-refractivity contribution in [2.24, 2.45) is 0 Å². The molecule has 1 saturated heterocycles. The van der Waals surface area contributed by atoms with Gasteiger partial charge in [-0.1, -0.05) is 44.2 Å². The van der Waals surface area contributed by atoms with Gasteiger partial charge in [0.15, 0.2) is 6.23 Å². The molecule has 0 saturated carbocycles. The van der Waals surface area contributed by atoms with Gasteiger partial charge in [0.25, 0.3) is 5.56 Å². The second-order valence-corrected chi connectivity index (χ2v) is 11.4. The summed E-state index contributed by atoms with van der Waals surface area (Å²) in [6.07, 6.45) is -5.34. The number of ether oxygens (including phenoxy) is 1. The Morgan fingerprint density at radius 2 is 1.66 bits per heavy atom. The minimum Gasteiger partial charge on any atom is -0.387 e. The van der Waals surface area contributed by atoms with Crippen molar-refractivity contribution in [1.29, 1.82) is 0 Å². The molecule has 3 rings (SSSR count). The number of hydrogen-bond donors (Lipinski definition) is 5. The molecule has 2 heterocycles. The van der Waals surface area contributed by atoms with Crippen LogP contribution < -0.4 is 11.2 Å². The molecule has 0 radical (unpaired) electrons. The summed E-state index contributed by atoms with van der Waals surface area (Å²) in [4.78, 5) is 52.3. The van der Waals surface area contributed by atoms with Crippen LogP contribution in [0.5, 0.6) is 0 Å². The Labute approximate surface area is 198 Å². The first-order valence-corrected chi connectivity index (χ1v) is 13.3. The van der Waals surface area contributed by atoms with Gasteiger partial charge < -0.3 is 29.6 Å². The molecule has 0 spiro atoms. The van der Waals surface area contributed by atoms with E-state index in [9.17, 15) is 33.8 Å². The van der Waals surface area contributed by atoms with Crippen LogP contribution >= 0.6 is 15.6 Å². The lowest BCUT2D eigenvalue weighted by molar-refractivity contribution is -0.0549. The number of benzene rings is 1. The van der Waals surface area contributed by atoms with Crippen molar-refractivity contribution in [2.75, 3.05) is 6.61 Å². The van der Waals surface area contributed by atoms with Crippen LogP contribution in [0.2, 0.25) is 0 Å². The van der Waals surface area contributed by atoms with E-state index in [1.165, 1.54) is 0 Å². The Balaban J connectivity index is 1.82. The fraction of sp³-hybridized carbons (Fsp3) is 0.474. The monoisotopic (exact) mass is 536 g/mol. The molecule has 5 N–H and O–H groups in total. The molecule has 1 aliphatic rings. The van der Waals surface area contributed by atoms with Gasteiger partial charge >= 0.3 is 21.3 Å². The minimum atomic E-state index is -5.36. The first-order chi connectivity index (χ1) is 16.1. The van der Waals surface area contributed by atoms with Crippen molar-refractivity contribution in [3.8, 4) is 0 Å². The minimum absolute atomic E-state index is 0.0131. The highest BCUT2D eigenvalue weighted by molar-refractivity contribution is 7.60. The van der Waals surface area contributed by atoms with E-state index in [1.807, 2.05) is 44.2 Å². The number of aliphatic hydroxyl groups is 2. The molecule has 16 heteroatoms. The van der Waals surface area contributed by atoms with Gasteiger partial charge in [0.1, 0.15) is 18.3 Å². The zero-order valence-corrected chi connectivity index (χ0v) is 20.4. The summed E-state index contributed by atoms with van der Waals surface area (Å²) in [6, 6.07) is 10.3. The Morgan fingerprint density at radius 1 is 1.03 bits per heavy atom. The standard InChI is InChI=1S/C19H26N2O12P2/c1-19(2,12-6-4-3-5-7-12)11-21-14(22)8-9-20(18(21)25)17-16(24)15(23)13(32-17)10-31-35(29,30)33-34(26,27)28/h3-9,13,15-17,23-24H,10-11H2,1-2H3,(H,29,30)(H2,26,27,28)/t13-,15-,16-,17-/m1/s1. The Hall–Kier alpha value is -1.96. The fourth-order valence-corrected chi connectivity index (χ4v) is 5.27. The molecule has 0 bridgehead atoms. The summed E-state index contributed by atoms with van der Waals surface area (Å²) in [5.41, 5.74) is -1.19. The molecule has 1 unspecified atom stereocenters. The van der Waals surface area contributed by atoms with Gasteiger partial charge in [0, 0.05) is 24.2 Å². The smallest absolute Gasteiger partial charge is 0.387 e. The molecule has 2 aromatic rings. The van der Waals surface area contributed by atoms with E-state index in [4.69, 9.17) is 14.5 Å². The number of aromatic nitrogens is 2. The van der Waals surface area contributed by atoms with Crippen molar-refractivity contribution < 1.29 is 47.6 Å². The average molecular weight is 536 g/mol. The first kappa shape index (κ1) is 27.6. The maximum absolute atomic E-state index is 13.1. The maximum Gasteiger partial charge on any atom is 0.481 e. The summed E-state index contributed by atoms with van der Waals surface area (Å²) >= 11 is 0. The summed E-state index contributed by atoms with van der Waals surface area (Å²) in [5, 5.41) is 20.7. The molecule has 194 valence electrons. The van der Waals surface area contributed by atoms with Crippen LogP contribution in [-0.4, -0.2) is 58.9 Å². The van der Waals surface area contributed by atoms with Crippen LogP contribution in [0.3, 0.4) is 0 Å². The van der Waals surface area contributed by atoms with E-state index in [0.717, 1.165) is 27.0 Å². The second-order valence-electron chi connectivity index (χ2n) is 8.56. The van der Waals surface area contributed by atoms with Crippen LogP contribution in [0.4, 0.5) is 0 Å². The van der Waals surface area contributed by atoms with Crippen LogP contribution in [-0.2, 0) is 34.7 Å². The van der Waals surface area contributed by atoms with Crippen molar-refractivity contribution in [2.45, 2.75) is 50.3 Å². The Bertz CT molecular complexity index is 1250. The van der Waals surface area contributed by atoms with E-state index < -0.39 is 63.5 Å². The Kier molecular flexibility index (Phi) is 8.04. The van der Waals surface area contributed by atoms with E-state index in [2.05, 4.69) is 8.83 Å². The van der Waals surface area contributed by atoms with Gasteiger partial charge in [0.2, 0.25) is 0 Å². The van der Waals surface area contributed by atoms with Gasteiger partial charge in [-0.05, 0) is 5.56 Å². The van der Waals surface area contributed by atoms with Gasteiger partial charge in [0.05, 0.1) is 6.61 Å². The molecular formula is C19H26N2O12P2. The second kappa shape index (κ2) is 10.2. The SMILES string of the molecule is CC(C)(Cn1c(=O)ccn([C@@H]2O[C@H](COP(=O)(O)OP(=O)(O)O)[C@@H](O)[C@H]2O)c1=O)c1ccccc1. The topological polar surface area (TPSA) is 207 Å². The third-order valence-electron chi connectivity index (χ3n) is 5.43. The average Bonchev–Trinajstić information content (AvgIpc) is 3.03. The van der Waals surface area contributed by atoms with Crippen molar-refractivity contribution in [3.63, 3.8) is 0 Å². The lowest BCUT2D eigenvalue weighted by Crippen LogP contribution is -2.45. The van der Waals surface area contributed by atoms with Gasteiger partial charge in [-0.15, -0.1) is 0 Å². The molecule has 14 nitrogen and oxygen atoms in total. The van der Waals surface area contributed by atoms with Crippen molar-refractivity contribution >= 4 is 15.6 Å². The van der Waals surface area contributed by atoms with E-state index >= 15 is 0 Å². The number of rotatable bonds is 9. The largest absolute Gasteiger partial charge is 0.481 e. The molecule has 1 aromatic carbocycles. The molecule has 1 fully saturated rings. The lowest BCUT2D eigenvalue weighted by atomic mass is 9.84. The lowest BCUT2D eigenvalue weighted by Gasteiger charge is -2.27. The highest BCUT2D eigenvalue weighted by Gasteiger charge is 2.46. The molecule has 1 aromatic heterocycles. The van der Waals surface area contributed by atoms with Crippen molar-refractivity contribution in [1.82, 2.24) is 9.13 Å². The Morgan fingerprint density at radius 3 is 2.26 bits per heavy atom. The van der Waals surface area contributed by atoms with Gasteiger partial charge in [-0.3, -0.25) is 18.5 Å². The predicted octanol–water partition coefficient (Wildman–Crippen LogP) is -0.167. The third-order valence-corrected chi connectivity index (χ3v) is 7.58. The number of nitrogens with zero attached hydrogens (tertiary/aromatic N) is 2. The van der Waals surface area contributed by atoms with Crippen LogP contribution in [0.25, 0.3) is 0 Å². The first-order valence-electron chi connectivity index (χ1n) is 10.2. The molecule has 35 heavy (non-hydrogen) atoms. The number of aliphatic hydroxyl groups excluding tert-OH is 2. The van der Waals surface area contributed by atoms with Crippen LogP contribution in [0.15, 0.2) is 52.2 Å². The van der Waals surface area contributed by atoms with E-state index in [0.29, 0.717) is 0 Å². The maximum atomic E-state index is 13.1. The highest BCUT2D eigenvalue weighted by Crippen LogP contribution is 2.57. The van der Waals surface area contributed by atoms with Crippen LogP contribution in [0.1, 0.15) is 25.6 Å². The summed E-state index contributed by atoms with van der Waals surface area (Å²) in [7, 11) is -10.6. The summed E-state index contributed by atoms with van der Waals surface area (Å²) < 4.78 is 37.8. The third kappa shape index (κ3) is 6.63. The molecule has 0 aliphatic carbocycles. The molecule has 1 aliphatic heterocycles. The van der Waals surface area contributed by atoms with Crippen LogP contribution in [0, 0.1) is 0 Å². The zero-order chi connectivity index (χ0) is 26.2. The zero-order valence-electron chi connectivity index (χ0n) is 18.6. The number of phosphoric ester groups is 1. The molecule has 5 atom stereocenters. The highest BCUT2D eigenvalue weighted by atomic mass is 31.3. The van der Waals surface area contributed by atoms with Crippen molar-refractivity contribution in [3.05, 3.63) is 69.0 Å². The van der Waals surface area contributed by atoms with Gasteiger partial charge in [-0.25, -0.2) is 13.9 Å². The normalized spacial score (nSPS) is 24.9. The summed E-state index contributed by atoms with van der Waals surface area (Å²) in [5.74, 6) is 0. The van der Waals surface area contributed by atoms with E-state index in [1.54, 1.807) is 0 Å². The predicted molar refractivity (Wildman–Crippen MR) is 119 cm³/mol. The quantitative estimate of drug-likeness (QED) is 0.265. The van der Waals surface area contributed by atoms with E-state index in [-0.39, 0.29) is 6.54 Å². The number of phosphoric acid groups is 2. The number of hydrogen-bond acceptors (Lipinski definition) is 9. The molecular weight excluding hydrogens is 510 g/mol. The fourth-order valence-electron chi connectivity index (χ4n) is 3.67. The van der Waals surface area contributed by atoms with Gasteiger partial charge in [-0.2, -0.15) is 4.31 Å².